The molecule has 0 fully saturated rings. The number of carbonyl (C=O) groups is 1. The number of phosphoric acid groups is 1. The number of hydrogen-bond acceptors (Lipinski definition) is 5. The normalized spacial score (nSPS) is 13.8. The van der Waals surface area contributed by atoms with Crippen LogP contribution in [0.15, 0.2) is 0 Å². The molecule has 0 aliphatic rings. The van der Waals surface area contributed by atoms with Gasteiger partial charge in [0.25, 0.3) is 0 Å². The summed E-state index contributed by atoms with van der Waals surface area (Å²) in [6.07, 6.45) is 64.6. The molecule has 9 heteroatoms. The van der Waals surface area contributed by atoms with Gasteiger partial charge in [-0.2, -0.15) is 0 Å². The summed E-state index contributed by atoms with van der Waals surface area (Å²) in [5.41, 5.74) is 0. The molecule has 0 aliphatic carbocycles. The van der Waals surface area contributed by atoms with Gasteiger partial charge in [0.2, 0.25) is 5.91 Å². The van der Waals surface area contributed by atoms with E-state index in [1.54, 1.807) is 0 Å². The summed E-state index contributed by atoms with van der Waals surface area (Å²) in [6.45, 7) is 4.96. The highest BCUT2D eigenvalue weighted by atomic mass is 31.2. The highest BCUT2D eigenvalue weighted by Gasteiger charge is 2.28. The van der Waals surface area contributed by atoms with Crippen molar-refractivity contribution < 1.29 is 32.9 Å². The first-order valence-electron chi connectivity index (χ1n) is 31.4. The van der Waals surface area contributed by atoms with Gasteiger partial charge in [0.1, 0.15) is 13.2 Å². The Morgan fingerprint density at radius 3 is 0.957 bits per heavy atom. The number of carbonyl (C=O) groups excluding carboxylic acids is 1. The lowest BCUT2D eigenvalue weighted by molar-refractivity contribution is -0.870. The van der Waals surface area contributed by atoms with Gasteiger partial charge in [-0.05, 0) is 12.8 Å². The van der Waals surface area contributed by atoms with E-state index < -0.39 is 20.0 Å². The Bertz CT molecular complexity index is 1100. The van der Waals surface area contributed by atoms with E-state index >= 15 is 0 Å². The largest absolute Gasteiger partial charge is 0.472 e. The molecule has 1 amide bonds. The quantitative estimate of drug-likeness (QED) is 0.0318. The van der Waals surface area contributed by atoms with Crippen LogP contribution < -0.4 is 5.32 Å². The summed E-state index contributed by atoms with van der Waals surface area (Å²) in [6, 6.07) is -0.756. The molecule has 0 heterocycles. The molecule has 0 aromatic rings. The molecule has 70 heavy (non-hydrogen) atoms. The number of aliphatic hydroxyl groups excluding tert-OH is 1. The smallest absolute Gasteiger partial charge is 0.391 e. The van der Waals surface area contributed by atoms with Crippen LogP contribution in [0.3, 0.4) is 0 Å². The van der Waals surface area contributed by atoms with Crippen molar-refractivity contribution in [2.75, 3.05) is 40.9 Å². The van der Waals surface area contributed by atoms with Gasteiger partial charge < -0.3 is 19.8 Å². The van der Waals surface area contributed by atoms with Gasteiger partial charge in [0.05, 0.1) is 39.9 Å². The zero-order valence-electron chi connectivity index (χ0n) is 48.1. The number of rotatable bonds is 59. The van der Waals surface area contributed by atoms with Crippen molar-refractivity contribution in [2.24, 2.45) is 0 Å². The number of phosphoric ester groups is 1. The van der Waals surface area contributed by atoms with Crippen LogP contribution in [0.2, 0.25) is 0 Å². The Kier molecular flexibility index (Phi) is 52.9. The Hall–Kier alpha value is -0.500. The molecule has 0 aromatic heterocycles. The zero-order chi connectivity index (χ0) is 51.3. The third-order valence-electron chi connectivity index (χ3n) is 14.9. The van der Waals surface area contributed by atoms with Gasteiger partial charge in [0.15, 0.2) is 0 Å². The van der Waals surface area contributed by atoms with Crippen LogP contribution in [0, 0.1) is 0 Å². The highest BCUT2D eigenvalue weighted by Crippen LogP contribution is 2.43. The van der Waals surface area contributed by atoms with Crippen LogP contribution >= 0.6 is 7.82 Å². The predicted molar refractivity (Wildman–Crippen MR) is 305 cm³/mol. The Morgan fingerprint density at radius 1 is 0.429 bits per heavy atom. The molecule has 3 unspecified atom stereocenters. The zero-order valence-corrected chi connectivity index (χ0v) is 48.9. The number of hydrogen-bond donors (Lipinski definition) is 3. The molecular weight excluding hydrogens is 888 g/mol. The van der Waals surface area contributed by atoms with Gasteiger partial charge >= 0.3 is 7.82 Å². The SMILES string of the molecule is CCCCCCCCCCCCCCCCCCCCCCCCCCCCC(O)C(COP(=O)(O)OCC[N+](C)(C)C)NC(=O)CCCCCCCCCCCCCCCCCCCCCCCC. The van der Waals surface area contributed by atoms with Crippen LogP contribution in [0.5, 0.6) is 0 Å². The molecule has 0 spiro atoms. The molecule has 0 rings (SSSR count). The highest BCUT2D eigenvalue weighted by molar-refractivity contribution is 7.47. The van der Waals surface area contributed by atoms with E-state index in [1.165, 1.54) is 270 Å². The van der Waals surface area contributed by atoms with Crippen molar-refractivity contribution in [3.8, 4) is 0 Å². The number of aliphatic hydroxyl groups is 1. The number of amides is 1. The van der Waals surface area contributed by atoms with Crippen LogP contribution in [-0.2, 0) is 18.4 Å². The number of quaternary nitrogens is 1. The third kappa shape index (κ3) is 55.3. The Labute approximate surface area is 438 Å². The summed E-state index contributed by atoms with van der Waals surface area (Å²) in [7, 11) is 1.64. The van der Waals surface area contributed by atoms with Gasteiger partial charge in [-0.15, -0.1) is 0 Å². The first-order chi connectivity index (χ1) is 34.0. The average molecular weight is 1010 g/mol. The maximum Gasteiger partial charge on any atom is 0.472 e. The lowest BCUT2D eigenvalue weighted by Gasteiger charge is -2.26. The fraction of sp³-hybridized carbons (Fsp3) is 0.984. The van der Waals surface area contributed by atoms with Crippen LogP contribution in [0.25, 0.3) is 0 Å². The maximum atomic E-state index is 13.0. The third-order valence-corrected chi connectivity index (χ3v) is 15.8. The average Bonchev–Trinajstić information content (AvgIpc) is 3.32. The second kappa shape index (κ2) is 53.3. The van der Waals surface area contributed by atoms with E-state index in [1.807, 2.05) is 21.1 Å². The molecule has 420 valence electrons. The Balaban J connectivity index is 4.07. The lowest BCUT2D eigenvalue weighted by atomic mass is 10.0. The van der Waals surface area contributed by atoms with Crippen LogP contribution in [0.1, 0.15) is 335 Å². The van der Waals surface area contributed by atoms with E-state index in [0.717, 1.165) is 38.5 Å². The molecule has 0 bridgehead atoms. The first kappa shape index (κ1) is 69.5. The molecule has 3 atom stereocenters. The van der Waals surface area contributed by atoms with E-state index in [-0.39, 0.29) is 19.1 Å². The van der Waals surface area contributed by atoms with E-state index in [0.29, 0.717) is 23.9 Å². The van der Waals surface area contributed by atoms with Crippen molar-refractivity contribution in [2.45, 2.75) is 347 Å². The fourth-order valence-corrected chi connectivity index (χ4v) is 10.7. The molecule has 0 aromatic carbocycles. The summed E-state index contributed by atoms with van der Waals surface area (Å²) >= 11 is 0. The van der Waals surface area contributed by atoms with Crippen LogP contribution in [-0.4, -0.2) is 73.4 Å². The number of nitrogens with one attached hydrogen (secondary N) is 1. The number of unbranched alkanes of at least 4 members (excludes halogenated alkanes) is 46. The molecular formula is C61H126N2O6P+. The molecule has 0 aliphatic heterocycles. The fourth-order valence-electron chi connectivity index (χ4n) is 9.93. The topological polar surface area (TPSA) is 105 Å². The summed E-state index contributed by atoms with van der Waals surface area (Å²) in [5, 5.41) is 14.1. The van der Waals surface area contributed by atoms with Gasteiger partial charge in [-0.3, -0.25) is 13.8 Å². The molecule has 3 N–H and O–H groups in total. The van der Waals surface area contributed by atoms with Gasteiger partial charge in [0, 0.05) is 6.42 Å². The van der Waals surface area contributed by atoms with E-state index in [4.69, 9.17) is 9.05 Å². The minimum Gasteiger partial charge on any atom is -0.391 e. The van der Waals surface area contributed by atoms with Crippen molar-refractivity contribution >= 4 is 13.7 Å². The molecule has 8 nitrogen and oxygen atoms in total. The Morgan fingerprint density at radius 2 is 0.686 bits per heavy atom. The molecule has 0 saturated carbocycles. The first-order valence-corrected chi connectivity index (χ1v) is 32.9. The monoisotopic (exact) mass is 1010 g/mol. The molecule has 0 saturated heterocycles. The summed E-state index contributed by atoms with van der Waals surface area (Å²) in [5.74, 6) is -0.135. The second-order valence-electron chi connectivity index (χ2n) is 23.2. The number of nitrogens with zero attached hydrogens (tertiary/aromatic N) is 1. The van der Waals surface area contributed by atoms with Gasteiger partial charge in [-0.1, -0.05) is 316 Å². The lowest BCUT2D eigenvalue weighted by Crippen LogP contribution is -2.46. The summed E-state index contributed by atoms with van der Waals surface area (Å²) < 4.78 is 23.8. The minimum absolute atomic E-state index is 0.0793. The second-order valence-corrected chi connectivity index (χ2v) is 24.6. The number of likely N-dealkylation sites (N-methyl/N-ethyl adjacent to an activating group) is 1. The molecule has 0 radical (unpaired) electrons. The van der Waals surface area contributed by atoms with E-state index in [2.05, 4.69) is 19.2 Å². The van der Waals surface area contributed by atoms with E-state index in [9.17, 15) is 19.4 Å². The van der Waals surface area contributed by atoms with Crippen molar-refractivity contribution in [3.05, 3.63) is 0 Å². The van der Waals surface area contributed by atoms with Crippen LogP contribution in [0.4, 0.5) is 0 Å². The maximum absolute atomic E-state index is 13.0. The van der Waals surface area contributed by atoms with Crippen molar-refractivity contribution in [3.63, 3.8) is 0 Å². The predicted octanol–water partition coefficient (Wildman–Crippen LogP) is 19.2. The van der Waals surface area contributed by atoms with Gasteiger partial charge in [-0.25, -0.2) is 4.57 Å². The summed E-state index contributed by atoms with van der Waals surface area (Å²) in [4.78, 5) is 23.4. The standard InChI is InChI=1S/C61H125N2O6P/c1-6-8-10-12-14-16-18-20-22-24-26-28-30-31-32-33-34-36-38-40-42-44-46-48-50-52-54-60(64)59(58-69-70(66,67)68-57-56-63(3,4)5)62-61(65)55-53-51-49-47-45-43-41-39-37-35-29-27-25-23-21-19-17-15-13-11-9-7-2/h59-60,64H,6-58H2,1-5H3,(H-,62,65,66,67)/p+1. The van der Waals surface area contributed by atoms with Crippen molar-refractivity contribution in [1.82, 2.24) is 5.32 Å². The van der Waals surface area contributed by atoms with Crippen molar-refractivity contribution in [1.29, 1.82) is 0 Å². The minimum atomic E-state index is -4.32.